The van der Waals surface area contributed by atoms with Gasteiger partial charge in [-0.2, -0.15) is 5.10 Å². The van der Waals surface area contributed by atoms with Gasteiger partial charge in [0.05, 0.1) is 28.3 Å². The molecule has 0 saturated carbocycles. The van der Waals surface area contributed by atoms with Gasteiger partial charge in [0.2, 0.25) is 0 Å². The van der Waals surface area contributed by atoms with Crippen molar-refractivity contribution in [3.05, 3.63) is 40.8 Å². The maximum atomic E-state index is 12.1. The van der Waals surface area contributed by atoms with E-state index in [2.05, 4.69) is 16.1 Å². The first-order chi connectivity index (χ1) is 13.2. The number of nitrogens with two attached hydrogens (primary N) is 1. The van der Waals surface area contributed by atoms with E-state index in [9.17, 15) is 13.2 Å². The molecule has 0 aliphatic carbocycles. The van der Waals surface area contributed by atoms with Crippen LogP contribution < -0.4 is 5.73 Å². The van der Waals surface area contributed by atoms with E-state index in [1.165, 1.54) is 0 Å². The molecule has 3 aromatic rings. The second kappa shape index (κ2) is 6.48. The fraction of sp³-hybridized carbons (Fsp3) is 0.400. The molecule has 1 saturated heterocycles. The van der Waals surface area contributed by atoms with Gasteiger partial charge < -0.3 is 10.7 Å². The summed E-state index contributed by atoms with van der Waals surface area (Å²) in [4.78, 5) is 15.3. The van der Waals surface area contributed by atoms with Gasteiger partial charge in [-0.15, -0.1) is 0 Å². The molecule has 0 bridgehead atoms. The molecular weight excluding hydrogens is 376 g/mol. The Morgan fingerprint density at radius 3 is 2.50 bits per heavy atom. The number of rotatable bonds is 3. The minimum absolute atomic E-state index is 0.143. The van der Waals surface area contributed by atoms with E-state index in [0.717, 1.165) is 33.5 Å². The van der Waals surface area contributed by atoms with Crippen LogP contribution in [-0.2, 0) is 16.9 Å². The lowest BCUT2D eigenvalue weighted by Crippen LogP contribution is -2.22. The monoisotopic (exact) mass is 400 g/mol. The van der Waals surface area contributed by atoms with E-state index in [0.29, 0.717) is 23.9 Å². The molecule has 7 nitrogen and oxygen atoms in total. The summed E-state index contributed by atoms with van der Waals surface area (Å²) >= 11 is 0. The fourth-order valence-electron chi connectivity index (χ4n) is 4.32. The molecular formula is C20H24N4O3S. The Morgan fingerprint density at radius 1 is 1.25 bits per heavy atom. The Bertz CT molecular complexity index is 1190. The van der Waals surface area contributed by atoms with Crippen LogP contribution in [0.1, 0.15) is 46.1 Å². The number of nitrogens with zero attached hydrogens (tertiary/aromatic N) is 2. The van der Waals surface area contributed by atoms with Gasteiger partial charge in [-0.1, -0.05) is 0 Å². The minimum atomic E-state index is -2.94. The maximum absolute atomic E-state index is 12.1. The van der Waals surface area contributed by atoms with Gasteiger partial charge in [-0.05, 0) is 55.9 Å². The average molecular weight is 401 g/mol. The zero-order valence-electron chi connectivity index (χ0n) is 16.2. The number of carbonyl (C=O) groups excluding carboxylic acids is 1. The lowest BCUT2D eigenvalue weighted by Gasteiger charge is -2.21. The number of hydrogen-bond acceptors (Lipinski definition) is 4. The van der Waals surface area contributed by atoms with Crippen molar-refractivity contribution in [1.82, 2.24) is 14.8 Å². The van der Waals surface area contributed by atoms with Crippen molar-refractivity contribution in [1.29, 1.82) is 0 Å². The number of primary amides is 1. The Labute approximate surface area is 163 Å². The molecule has 3 heterocycles. The van der Waals surface area contributed by atoms with Crippen molar-refractivity contribution in [3.8, 4) is 11.1 Å². The zero-order valence-corrected chi connectivity index (χ0v) is 17.1. The standard InChI is InChI=1S/C20H24N4O3S/c1-11-18(12(2)24(3)23-11)14-8-15-17(13-4-6-28(26,27)7-5-13)10-22-19(15)16(9-14)20(21)25/h8-10,13,22H,4-7H2,1-3H3,(H2,21,25). The highest BCUT2D eigenvalue weighted by Crippen LogP contribution is 2.38. The molecule has 1 aliphatic heterocycles. The average Bonchev–Trinajstić information content (AvgIpc) is 3.15. The molecule has 8 heteroatoms. The predicted octanol–water partition coefficient (Wildman–Crippen LogP) is 2.58. The number of H-pyrrole nitrogens is 1. The van der Waals surface area contributed by atoms with E-state index < -0.39 is 15.7 Å². The van der Waals surface area contributed by atoms with Gasteiger partial charge >= 0.3 is 0 Å². The van der Waals surface area contributed by atoms with Crippen LogP contribution in [0.4, 0.5) is 0 Å². The number of aryl methyl sites for hydroxylation is 2. The van der Waals surface area contributed by atoms with Crippen LogP contribution in [-0.4, -0.2) is 40.6 Å². The summed E-state index contributed by atoms with van der Waals surface area (Å²) in [6.45, 7) is 3.94. The lowest BCUT2D eigenvalue weighted by atomic mass is 9.90. The third-order valence-corrected chi connectivity index (χ3v) is 7.59. The van der Waals surface area contributed by atoms with Crippen LogP contribution in [0.3, 0.4) is 0 Å². The molecule has 0 atom stereocenters. The zero-order chi connectivity index (χ0) is 20.2. The first-order valence-electron chi connectivity index (χ1n) is 9.34. The van der Waals surface area contributed by atoms with Gasteiger partial charge in [0.15, 0.2) is 0 Å². The van der Waals surface area contributed by atoms with Crippen molar-refractivity contribution < 1.29 is 13.2 Å². The molecule has 0 unspecified atom stereocenters. The summed E-state index contributed by atoms with van der Waals surface area (Å²) in [5.74, 6) is 0.0520. The summed E-state index contributed by atoms with van der Waals surface area (Å²) in [6.07, 6.45) is 3.08. The summed E-state index contributed by atoms with van der Waals surface area (Å²) in [5, 5.41) is 5.41. The highest BCUT2D eigenvalue weighted by Gasteiger charge is 2.27. The number of fused-ring (bicyclic) bond motifs is 1. The summed E-state index contributed by atoms with van der Waals surface area (Å²) < 4.78 is 25.4. The van der Waals surface area contributed by atoms with Gasteiger partial charge in [0.25, 0.3) is 5.91 Å². The van der Waals surface area contributed by atoms with Crippen molar-refractivity contribution in [2.24, 2.45) is 12.8 Å². The molecule has 0 spiro atoms. The van der Waals surface area contributed by atoms with E-state index in [-0.39, 0.29) is 17.4 Å². The summed E-state index contributed by atoms with van der Waals surface area (Å²) in [6, 6.07) is 3.88. The lowest BCUT2D eigenvalue weighted by molar-refractivity contribution is 0.100. The summed E-state index contributed by atoms with van der Waals surface area (Å²) in [7, 11) is -1.04. The molecule has 28 heavy (non-hydrogen) atoms. The van der Waals surface area contributed by atoms with E-state index in [1.54, 1.807) is 0 Å². The van der Waals surface area contributed by atoms with Crippen molar-refractivity contribution in [2.75, 3.05) is 11.5 Å². The Kier molecular flexibility index (Phi) is 4.33. The predicted molar refractivity (Wildman–Crippen MR) is 109 cm³/mol. The van der Waals surface area contributed by atoms with E-state index >= 15 is 0 Å². The maximum Gasteiger partial charge on any atom is 0.250 e. The van der Waals surface area contributed by atoms with E-state index in [4.69, 9.17) is 5.73 Å². The molecule has 1 aromatic carbocycles. The molecule has 3 N–H and O–H groups in total. The van der Waals surface area contributed by atoms with Gasteiger partial charge in [-0.3, -0.25) is 9.48 Å². The quantitative estimate of drug-likeness (QED) is 0.704. The van der Waals surface area contributed by atoms with Crippen LogP contribution in [0.5, 0.6) is 0 Å². The van der Waals surface area contributed by atoms with Crippen molar-refractivity contribution >= 4 is 26.6 Å². The first-order valence-corrected chi connectivity index (χ1v) is 11.2. The highest BCUT2D eigenvalue weighted by molar-refractivity contribution is 7.91. The number of sulfone groups is 1. The molecule has 2 aromatic heterocycles. The van der Waals surface area contributed by atoms with Crippen LogP contribution in [0, 0.1) is 13.8 Å². The Balaban J connectivity index is 1.91. The van der Waals surface area contributed by atoms with Crippen LogP contribution >= 0.6 is 0 Å². The van der Waals surface area contributed by atoms with Crippen molar-refractivity contribution in [2.45, 2.75) is 32.6 Å². The molecule has 0 radical (unpaired) electrons. The van der Waals surface area contributed by atoms with Gasteiger partial charge in [0, 0.05) is 29.9 Å². The Hall–Kier alpha value is -2.61. The number of nitrogens with one attached hydrogen (secondary N) is 1. The van der Waals surface area contributed by atoms with Crippen LogP contribution in [0.25, 0.3) is 22.0 Å². The molecule has 1 amide bonds. The van der Waals surface area contributed by atoms with Gasteiger partial charge in [0.1, 0.15) is 9.84 Å². The molecule has 1 fully saturated rings. The Morgan fingerprint density at radius 2 is 1.93 bits per heavy atom. The van der Waals surface area contributed by atoms with Crippen LogP contribution in [0.2, 0.25) is 0 Å². The smallest absolute Gasteiger partial charge is 0.250 e. The number of amides is 1. The van der Waals surface area contributed by atoms with E-state index in [1.807, 2.05) is 37.8 Å². The summed E-state index contributed by atoms with van der Waals surface area (Å²) in [5.41, 5.74) is 11.6. The largest absolute Gasteiger partial charge is 0.366 e. The number of aromatic amines is 1. The number of aromatic nitrogens is 3. The molecule has 148 valence electrons. The SMILES string of the molecule is Cc1nn(C)c(C)c1-c1cc(C(N)=O)c2[nH]cc(C3CCS(=O)(=O)CC3)c2c1. The molecule has 1 aliphatic rings. The van der Waals surface area contributed by atoms with Crippen LogP contribution in [0.15, 0.2) is 18.3 Å². The third kappa shape index (κ3) is 3.01. The number of hydrogen-bond donors (Lipinski definition) is 2. The fourth-order valence-corrected chi connectivity index (χ4v) is 5.81. The van der Waals surface area contributed by atoms with Crippen molar-refractivity contribution in [3.63, 3.8) is 0 Å². The first kappa shape index (κ1) is 18.7. The van der Waals surface area contributed by atoms with Gasteiger partial charge in [-0.25, -0.2) is 8.42 Å². The normalized spacial score (nSPS) is 17.2. The number of benzene rings is 1. The third-order valence-electron chi connectivity index (χ3n) is 5.88. The number of carbonyl (C=O) groups is 1. The topological polar surface area (TPSA) is 111 Å². The minimum Gasteiger partial charge on any atom is -0.366 e. The second-order valence-electron chi connectivity index (χ2n) is 7.65. The highest BCUT2D eigenvalue weighted by atomic mass is 32.2. The second-order valence-corrected chi connectivity index (χ2v) is 9.95. The molecule has 4 rings (SSSR count).